The Kier molecular flexibility index (Phi) is 2.43. The van der Waals surface area contributed by atoms with Crippen LogP contribution < -0.4 is 0 Å². The first-order chi connectivity index (χ1) is 6.61. The molecule has 0 aliphatic rings. The fraction of sp³-hybridized carbons (Fsp3) is 0.200. The lowest BCUT2D eigenvalue weighted by molar-refractivity contribution is 0.565. The quantitative estimate of drug-likeness (QED) is 0.759. The van der Waals surface area contributed by atoms with E-state index in [1.807, 2.05) is 32.0 Å². The molecule has 1 aromatic carbocycles. The van der Waals surface area contributed by atoms with Gasteiger partial charge in [0.15, 0.2) is 11.1 Å². The van der Waals surface area contributed by atoms with Gasteiger partial charge in [-0.1, -0.05) is 18.2 Å². The number of hydrogen-bond donors (Lipinski definition) is 1. The van der Waals surface area contributed by atoms with Crippen molar-refractivity contribution >= 4 is 32.5 Å². The minimum Gasteiger partial charge on any atom is -0.302 e. The van der Waals surface area contributed by atoms with Gasteiger partial charge in [-0.2, -0.15) is 0 Å². The van der Waals surface area contributed by atoms with Gasteiger partial charge in [-0.25, -0.2) is 4.21 Å². The van der Waals surface area contributed by atoms with Gasteiger partial charge in [0.25, 0.3) is 0 Å². The summed E-state index contributed by atoms with van der Waals surface area (Å²) in [6.45, 7) is 3.90. The molecular weight excluding hydrogens is 216 g/mol. The molecule has 2 nitrogen and oxygen atoms in total. The molecule has 2 rings (SSSR count). The molecule has 1 atom stereocenters. The summed E-state index contributed by atoms with van der Waals surface area (Å²) in [5.74, 6) is 0. The van der Waals surface area contributed by atoms with Crippen molar-refractivity contribution < 1.29 is 8.76 Å². The van der Waals surface area contributed by atoms with E-state index in [0.717, 1.165) is 20.5 Å². The van der Waals surface area contributed by atoms with Gasteiger partial charge in [0.2, 0.25) is 0 Å². The van der Waals surface area contributed by atoms with Gasteiger partial charge in [-0.05, 0) is 19.4 Å². The topological polar surface area (TPSA) is 37.3 Å². The summed E-state index contributed by atoms with van der Waals surface area (Å²) >= 11 is -0.301. The van der Waals surface area contributed by atoms with E-state index in [1.54, 1.807) is 11.3 Å². The second-order valence-corrected chi connectivity index (χ2v) is 5.32. The molecule has 0 spiro atoms. The third kappa shape index (κ3) is 1.39. The highest BCUT2D eigenvalue weighted by Gasteiger charge is 2.14. The molecule has 2 aromatic rings. The van der Waals surface area contributed by atoms with Crippen LogP contribution in [-0.4, -0.2) is 8.76 Å². The first-order valence-electron chi connectivity index (χ1n) is 4.21. The predicted molar refractivity (Wildman–Crippen MR) is 60.3 cm³/mol. The molecule has 74 valence electrons. The lowest BCUT2D eigenvalue weighted by Gasteiger charge is -1.95. The Bertz CT molecular complexity index is 514. The maximum Gasteiger partial charge on any atom is 0.188 e. The van der Waals surface area contributed by atoms with Crippen LogP contribution in [0.1, 0.15) is 10.4 Å². The van der Waals surface area contributed by atoms with Crippen molar-refractivity contribution in [3.8, 4) is 0 Å². The van der Waals surface area contributed by atoms with Crippen molar-refractivity contribution in [1.29, 1.82) is 0 Å². The third-order valence-electron chi connectivity index (χ3n) is 2.21. The van der Waals surface area contributed by atoms with Gasteiger partial charge in [-0.3, -0.25) is 0 Å². The van der Waals surface area contributed by atoms with E-state index in [2.05, 4.69) is 0 Å². The highest BCUT2D eigenvalue weighted by molar-refractivity contribution is 7.79. The summed E-state index contributed by atoms with van der Waals surface area (Å²) in [4.78, 5) is 1.49. The van der Waals surface area contributed by atoms with Crippen molar-refractivity contribution in [1.82, 2.24) is 0 Å². The molecule has 0 fully saturated rings. The van der Waals surface area contributed by atoms with Crippen molar-refractivity contribution in [3.63, 3.8) is 0 Å². The number of aryl methyl sites for hydroxylation is 2. The number of rotatable bonds is 1. The first kappa shape index (κ1) is 9.83. The van der Waals surface area contributed by atoms with E-state index in [0.29, 0.717) is 4.90 Å². The first-order valence-corrected chi connectivity index (χ1v) is 6.13. The SMILES string of the molecule is Cc1sc2c(C)cccc2c1S(=O)O. The Morgan fingerprint density at radius 3 is 2.71 bits per heavy atom. The minimum atomic E-state index is -1.88. The summed E-state index contributed by atoms with van der Waals surface area (Å²) in [7, 11) is 0. The van der Waals surface area contributed by atoms with Gasteiger partial charge in [0.1, 0.15) is 0 Å². The van der Waals surface area contributed by atoms with Gasteiger partial charge in [0, 0.05) is 15.0 Å². The summed E-state index contributed by atoms with van der Waals surface area (Å²) in [6, 6.07) is 5.83. The molecule has 14 heavy (non-hydrogen) atoms. The number of fused-ring (bicyclic) bond motifs is 1. The van der Waals surface area contributed by atoms with E-state index in [-0.39, 0.29) is 0 Å². The fourth-order valence-electron chi connectivity index (χ4n) is 1.57. The molecule has 0 amide bonds. The highest BCUT2D eigenvalue weighted by atomic mass is 32.2. The van der Waals surface area contributed by atoms with E-state index in [1.165, 1.54) is 0 Å². The molecule has 0 saturated carbocycles. The van der Waals surface area contributed by atoms with Crippen LogP contribution in [0.2, 0.25) is 0 Å². The van der Waals surface area contributed by atoms with Gasteiger partial charge in [-0.15, -0.1) is 11.3 Å². The molecule has 4 heteroatoms. The van der Waals surface area contributed by atoms with Crippen LogP contribution in [-0.2, 0) is 11.1 Å². The lowest BCUT2D eigenvalue weighted by Crippen LogP contribution is -1.88. The molecule has 1 N–H and O–H groups in total. The summed E-state index contributed by atoms with van der Waals surface area (Å²) in [5.41, 5.74) is 1.16. The Balaban J connectivity index is 2.90. The van der Waals surface area contributed by atoms with Crippen molar-refractivity contribution in [2.24, 2.45) is 0 Å². The van der Waals surface area contributed by atoms with E-state index >= 15 is 0 Å². The zero-order valence-electron chi connectivity index (χ0n) is 7.90. The zero-order valence-corrected chi connectivity index (χ0v) is 9.54. The summed E-state index contributed by atoms with van der Waals surface area (Å²) in [6.07, 6.45) is 0. The van der Waals surface area contributed by atoms with Crippen LogP contribution in [0.25, 0.3) is 10.1 Å². The maximum atomic E-state index is 11.1. The maximum absolute atomic E-state index is 11.1. The van der Waals surface area contributed by atoms with E-state index < -0.39 is 11.1 Å². The van der Waals surface area contributed by atoms with E-state index in [9.17, 15) is 4.21 Å². The van der Waals surface area contributed by atoms with Gasteiger partial charge >= 0.3 is 0 Å². The van der Waals surface area contributed by atoms with E-state index in [4.69, 9.17) is 4.55 Å². The second kappa shape index (κ2) is 3.46. The van der Waals surface area contributed by atoms with Crippen LogP contribution in [0.5, 0.6) is 0 Å². The molecule has 1 unspecified atom stereocenters. The molecule has 0 aliphatic carbocycles. The van der Waals surface area contributed by atoms with Crippen molar-refractivity contribution in [3.05, 3.63) is 28.6 Å². The molecule has 0 radical (unpaired) electrons. The Hall–Kier alpha value is -0.710. The average molecular weight is 226 g/mol. The largest absolute Gasteiger partial charge is 0.302 e. The lowest BCUT2D eigenvalue weighted by atomic mass is 10.2. The van der Waals surface area contributed by atoms with Crippen LogP contribution in [0.3, 0.4) is 0 Å². The molecular formula is C10H10O2S2. The Morgan fingerprint density at radius 1 is 1.36 bits per heavy atom. The molecule has 0 bridgehead atoms. The Labute approximate surface area is 88.9 Å². The van der Waals surface area contributed by atoms with Crippen LogP contribution in [0.4, 0.5) is 0 Å². The average Bonchev–Trinajstić information content (AvgIpc) is 2.42. The monoisotopic (exact) mass is 226 g/mol. The fourth-order valence-corrected chi connectivity index (χ4v) is 3.60. The molecule has 1 aromatic heterocycles. The Morgan fingerprint density at radius 2 is 2.07 bits per heavy atom. The number of hydrogen-bond acceptors (Lipinski definition) is 2. The number of thiophene rings is 1. The second-order valence-electron chi connectivity index (χ2n) is 3.19. The van der Waals surface area contributed by atoms with Crippen LogP contribution >= 0.6 is 11.3 Å². The predicted octanol–water partition coefficient (Wildman–Crippen LogP) is 3.10. The van der Waals surface area contributed by atoms with Gasteiger partial charge in [0.05, 0.1) is 4.90 Å². The smallest absolute Gasteiger partial charge is 0.188 e. The number of benzene rings is 1. The van der Waals surface area contributed by atoms with Crippen molar-refractivity contribution in [2.75, 3.05) is 0 Å². The molecule has 0 aliphatic heterocycles. The highest BCUT2D eigenvalue weighted by Crippen LogP contribution is 2.34. The minimum absolute atomic E-state index is 0.564. The summed E-state index contributed by atoms with van der Waals surface area (Å²) in [5, 5.41) is 0.910. The van der Waals surface area contributed by atoms with Crippen LogP contribution in [0.15, 0.2) is 23.1 Å². The van der Waals surface area contributed by atoms with Crippen LogP contribution in [0, 0.1) is 13.8 Å². The molecule has 0 saturated heterocycles. The molecule has 1 heterocycles. The third-order valence-corrected chi connectivity index (χ3v) is 4.47. The zero-order chi connectivity index (χ0) is 10.3. The van der Waals surface area contributed by atoms with Crippen molar-refractivity contribution in [2.45, 2.75) is 18.7 Å². The van der Waals surface area contributed by atoms with Gasteiger partial charge < -0.3 is 4.55 Å². The normalized spacial score (nSPS) is 13.4. The standard InChI is InChI=1S/C10H10O2S2/c1-6-4-3-5-8-9(6)13-7(2)10(8)14(11)12/h3-5H,1-2H3,(H,11,12). The summed E-state index contributed by atoms with van der Waals surface area (Å²) < 4.78 is 21.4.